The molecule has 3 aromatic rings. The van der Waals surface area contributed by atoms with E-state index in [1.807, 2.05) is 0 Å². The second-order valence-corrected chi connectivity index (χ2v) is 10.3. The standard InChI is InChI=1S/C25H24OP/c26-24-19-11-4-12-20-25(24)27(21-13-5-1-6-14-21,22-15-7-2-8-16-22)23-17-9-3-10-18-23/h1-3,5-10,13-18,20H,4,11-12,19H2/q+1. The first-order valence-electron chi connectivity index (χ1n) is 9.63. The van der Waals surface area contributed by atoms with Crippen molar-refractivity contribution in [3.8, 4) is 0 Å². The summed E-state index contributed by atoms with van der Waals surface area (Å²) in [4.78, 5) is 13.3. The number of carbonyl (C=O) groups excluding carboxylic acids is 1. The highest BCUT2D eigenvalue weighted by Gasteiger charge is 2.51. The second-order valence-electron chi connectivity index (χ2n) is 6.94. The van der Waals surface area contributed by atoms with E-state index in [2.05, 4.69) is 97.1 Å². The molecule has 1 nitrogen and oxygen atoms in total. The van der Waals surface area contributed by atoms with Gasteiger partial charge in [0, 0.05) is 6.42 Å². The first-order valence-corrected chi connectivity index (χ1v) is 11.4. The van der Waals surface area contributed by atoms with E-state index in [0.29, 0.717) is 12.2 Å². The Hall–Kier alpha value is -2.50. The summed E-state index contributed by atoms with van der Waals surface area (Å²) in [5.41, 5.74) is 0. The lowest BCUT2D eigenvalue weighted by molar-refractivity contribution is -0.114. The first kappa shape index (κ1) is 17.9. The van der Waals surface area contributed by atoms with Crippen LogP contribution in [0.15, 0.2) is 102 Å². The number of benzene rings is 3. The van der Waals surface area contributed by atoms with Gasteiger partial charge in [0.1, 0.15) is 28.5 Å². The molecule has 3 aromatic carbocycles. The van der Waals surface area contributed by atoms with Gasteiger partial charge in [-0.2, -0.15) is 0 Å². The number of Topliss-reactive ketones (excluding diaryl/α,β-unsaturated/α-hetero) is 1. The monoisotopic (exact) mass is 371 g/mol. The molecular weight excluding hydrogens is 347 g/mol. The maximum Gasteiger partial charge on any atom is 0.198 e. The summed E-state index contributed by atoms with van der Waals surface area (Å²) in [6.45, 7) is 0. The van der Waals surface area contributed by atoms with Crippen LogP contribution in [0.3, 0.4) is 0 Å². The summed E-state index contributed by atoms with van der Waals surface area (Å²) < 4.78 is 0. The van der Waals surface area contributed by atoms with Crippen molar-refractivity contribution < 1.29 is 4.79 Å². The van der Waals surface area contributed by atoms with Crippen molar-refractivity contribution in [1.82, 2.24) is 0 Å². The predicted octanol–water partition coefficient (Wildman–Crippen LogP) is 5.01. The molecule has 1 aliphatic rings. The Balaban J connectivity index is 2.10. The van der Waals surface area contributed by atoms with Gasteiger partial charge in [0.25, 0.3) is 0 Å². The Morgan fingerprint density at radius 1 is 0.593 bits per heavy atom. The van der Waals surface area contributed by atoms with Crippen LogP contribution in [0.4, 0.5) is 0 Å². The fourth-order valence-corrected chi connectivity index (χ4v) is 8.53. The molecule has 0 aliphatic heterocycles. The molecule has 0 saturated heterocycles. The van der Waals surface area contributed by atoms with Gasteiger partial charge in [0.15, 0.2) is 5.78 Å². The van der Waals surface area contributed by atoms with Gasteiger partial charge in [-0.1, -0.05) is 54.6 Å². The van der Waals surface area contributed by atoms with Crippen LogP contribution >= 0.6 is 7.26 Å². The van der Waals surface area contributed by atoms with Gasteiger partial charge in [0.2, 0.25) is 0 Å². The number of hydrogen-bond acceptors (Lipinski definition) is 1. The minimum atomic E-state index is -2.20. The van der Waals surface area contributed by atoms with Crippen LogP contribution in [0.5, 0.6) is 0 Å². The van der Waals surface area contributed by atoms with Gasteiger partial charge in [-0.25, -0.2) is 0 Å². The number of rotatable bonds is 4. The first-order chi connectivity index (χ1) is 13.3. The summed E-state index contributed by atoms with van der Waals surface area (Å²) in [6.07, 6.45) is 5.95. The molecule has 0 heterocycles. The van der Waals surface area contributed by atoms with E-state index in [1.165, 1.54) is 15.9 Å². The van der Waals surface area contributed by atoms with E-state index in [0.717, 1.165) is 24.6 Å². The van der Waals surface area contributed by atoms with Crippen molar-refractivity contribution in [3.63, 3.8) is 0 Å². The summed E-state index contributed by atoms with van der Waals surface area (Å²) in [6, 6.07) is 31.9. The summed E-state index contributed by atoms with van der Waals surface area (Å²) >= 11 is 0. The maximum atomic E-state index is 13.3. The van der Waals surface area contributed by atoms with Gasteiger partial charge in [-0.05, 0) is 61.7 Å². The lowest BCUT2D eigenvalue weighted by atomic mass is 10.2. The highest BCUT2D eigenvalue weighted by Crippen LogP contribution is 2.63. The molecule has 0 saturated carbocycles. The van der Waals surface area contributed by atoms with E-state index in [-0.39, 0.29) is 0 Å². The molecule has 4 rings (SSSR count). The third-order valence-electron chi connectivity index (χ3n) is 5.27. The van der Waals surface area contributed by atoms with Crippen molar-refractivity contribution >= 4 is 29.0 Å². The molecule has 27 heavy (non-hydrogen) atoms. The fraction of sp³-hybridized carbons (Fsp3) is 0.160. The maximum absolute atomic E-state index is 13.3. The lowest BCUT2D eigenvalue weighted by Crippen LogP contribution is -2.34. The van der Waals surface area contributed by atoms with Gasteiger partial charge < -0.3 is 0 Å². The third kappa shape index (κ3) is 3.29. The fourth-order valence-electron chi connectivity index (χ4n) is 4.05. The van der Waals surface area contributed by atoms with Crippen molar-refractivity contribution in [2.24, 2.45) is 0 Å². The molecule has 0 spiro atoms. The van der Waals surface area contributed by atoms with Crippen LogP contribution in [0.1, 0.15) is 25.7 Å². The van der Waals surface area contributed by atoms with Crippen molar-refractivity contribution in [3.05, 3.63) is 102 Å². The molecule has 0 aromatic heterocycles. The molecular formula is C25H24OP+. The van der Waals surface area contributed by atoms with Crippen LogP contribution < -0.4 is 15.9 Å². The third-order valence-corrected chi connectivity index (χ3v) is 9.65. The zero-order valence-corrected chi connectivity index (χ0v) is 16.3. The minimum Gasteiger partial charge on any atom is -0.290 e. The topological polar surface area (TPSA) is 17.1 Å². The Kier molecular flexibility index (Phi) is 5.32. The molecule has 1 aliphatic carbocycles. The summed E-state index contributed by atoms with van der Waals surface area (Å²) in [5.74, 6) is 0.317. The Morgan fingerprint density at radius 3 is 1.48 bits per heavy atom. The molecule has 0 fully saturated rings. The smallest absolute Gasteiger partial charge is 0.198 e. The van der Waals surface area contributed by atoms with Gasteiger partial charge >= 0.3 is 0 Å². The van der Waals surface area contributed by atoms with E-state index in [1.54, 1.807) is 0 Å². The molecule has 0 radical (unpaired) electrons. The highest BCUT2D eigenvalue weighted by molar-refractivity contribution is 7.99. The number of allylic oxidation sites excluding steroid dienone is 2. The SMILES string of the molecule is O=C1CCCCC=C1[P+](c1ccccc1)(c1ccccc1)c1ccccc1. The van der Waals surface area contributed by atoms with Crippen molar-refractivity contribution in [1.29, 1.82) is 0 Å². The van der Waals surface area contributed by atoms with E-state index >= 15 is 0 Å². The van der Waals surface area contributed by atoms with Crippen LogP contribution in [-0.4, -0.2) is 5.78 Å². The van der Waals surface area contributed by atoms with Crippen LogP contribution in [0, 0.1) is 0 Å². The largest absolute Gasteiger partial charge is 0.290 e. The van der Waals surface area contributed by atoms with Gasteiger partial charge in [0.05, 0.1) is 0 Å². The lowest BCUT2D eigenvalue weighted by Gasteiger charge is -2.28. The van der Waals surface area contributed by atoms with Crippen LogP contribution in [0.2, 0.25) is 0 Å². The van der Waals surface area contributed by atoms with E-state index < -0.39 is 7.26 Å². The zero-order chi connectivity index (χ0) is 18.5. The molecule has 0 atom stereocenters. The molecule has 2 heteroatoms. The second kappa shape index (κ2) is 8.03. The molecule has 0 unspecified atom stereocenters. The average molecular weight is 371 g/mol. The quantitative estimate of drug-likeness (QED) is 0.590. The Morgan fingerprint density at radius 2 is 1.04 bits per heavy atom. The Bertz CT molecular complexity index is 833. The zero-order valence-electron chi connectivity index (χ0n) is 15.4. The molecule has 0 N–H and O–H groups in total. The van der Waals surface area contributed by atoms with Crippen molar-refractivity contribution in [2.75, 3.05) is 0 Å². The molecule has 0 bridgehead atoms. The highest BCUT2D eigenvalue weighted by atomic mass is 31.2. The average Bonchev–Trinajstić information content (AvgIpc) is 2.96. The van der Waals surface area contributed by atoms with E-state index in [4.69, 9.17) is 0 Å². The Labute approximate surface area is 162 Å². The molecule has 134 valence electrons. The summed E-state index contributed by atoms with van der Waals surface area (Å²) in [5, 5.41) is 4.79. The number of ketones is 1. The predicted molar refractivity (Wildman–Crippen MR) is 117 cm³/mol. The summed E-state index contributed by atoms with van der Waals surface area (Å²) in [7, 11) is -2.20. The number of hydrogen-bond donors (Lipinski definition) is 0. The normalized spacial score (nSPS) is 15.1. The molecule has 0 amide bonds. The van der Waals surface area contributed by atoms with E-state index in [9.17, 15) is 4.79 Å². The van der Waals surface area contributed by atoms with Crippen LogP contribution in [0.25, 0.3) is 0 Å². The minimum absolute atomic E-state index is 0.317. The van der Waals surface area contributed by atoms with Gasteiger partial charge in [-0.3, -0.25) is 4.79 Å². The van der Waals surface area contributed by atoms with Crippen molar-refractivity contribution in [2.45, 2.75) is 25.7 Å². The van der Waals surface area contributed by atoms with Crippen LogP contribution in [-0.2, 0) is 4.79 Å². The number of carbonyl (C=O) groups is 1. The van der Waals surface area contributed by atoms with Gasteiger partial charge in [-0.15, -0.1) is 0 Å².